The lowest BCUT2D eigenvalue weighted by molar-refractivity contribution is -0.0952. The summed E-state index contributed by atoms with van der Waals surface area (Å²) in [4.78, 5) is 0. The van der Waals surface area contributed by atoms with Gasteiger partial charge < -0.3 is 15.2 Å². The summed E-state index contributed by atoms with van der Waals surface area (Å²) in [6, 6.07) is 0.0613. The molecule has 0 radical (unpaired) electrons. The Balaban J connectivity index is 4.16. The Morgan fingerprint density at radius 2 is 1.71 bits per heavy atom. The third-order valence-corrected chi connectivity index (χ3v) is 3.67. The SMILES string of the molecule is CNC(C)C(O)COC(C)(C)C(C)CC(C)C. The van der Waals surface area contributed by atoms with Crippen LogP contribution in [-0.2, 0) is 4.74 Å². The van der Waals surface area contributed by atoms with Crippen LogP contribution in [0.3, 0.4) is 0 Å². The molecule has 0 aromatic heterocycles. The molecule has 3 unspecified atom stereocenters. The number of ether oxygens (including phenoxy) is 1. The summed E-state index contributed by atoms with van der Waals surface area (Å²) in [5, 5.41) is 12.9. The number of nitrogens with one attached hydrogen (secondary N) is 1. The number of hydrogen-bond donors (Lipinski definition) is 2. The number of hydrogen-bond acceptors (Lipinski definition) is 3. The third kappa shape index (κ3) is 6.39. The van der Waals surface area contributed by atoms with Gasteiger partial charge in [-0.1, -0.05) is 20.8 Å². The van der Waals surface area contributed by atoms with Crippen molar-refractivity contribution < 1.29 is 9.84 Å². The maximum atomic E-state index is 9.86. The minimum atomic E-state index is -0.453. The predicted octanol–water partition coefficient (Wildman–Crippen LogP) is 2.43. The lowest BCUT2D eigenvalue weighted by Crippen LogP contribution is -2.42. The van der Waals surface area contributed by atoms with Crippen LogP contribution in [0.1, 0.15) is 48.0 Å². The predicted molar refractivity (Wildman–Crippen MR) is 73.2 cm³/mol. The van der Waals surface area contributed by atoms with Crippen molar-refractivity contribution in [3.63, 3.8) is 0 Å². The zero-order chi connectivity index (χ0) is 13.6. The molecule has 0 aromatic rings. The van der Waals surface area contributed by atoms with Gasteiger partial charge in [-0.3, -0.25) is 0 Å². The lowest BCUT2D eigenvalue weighted by atomic mass is 9.85. The highest BCUT2D eigenvalue weighted by atomic mass is 16.5. The first-order valence-corrected chi connectivity index (χ1v) is 6.70. The van der Waals surface area contributed by atoms with Crippen LogP contribution in [0.4, 0.5) is 0 Å². The van der Waals surface area contributed by atoms with Gasteiger partial charge in [0.2, 0.25) is 0 Å². The Bertz CT molecular complexity index is 204. The summed E-state index contributed by atoms with van der Waals surface area (Å²) in [6.07, 6.45) is 0.690. The van der Waals surface area contributed by atoms with E-state index in [1.165, 1.54) is 0 Å². The van der Waals surface area contributed by atoms with E-state index in [0.717, 1.165) is 6.42 Å². The summed E-state index contributed by atoms with van der Waals surface area (Å²) in [7, 11) is 1.85. The molecule has 0 bridgehead atoms. The monoisotopic (exact) mass is 245 g/mol. The molecule has 0 heterocycles. The average Bonchev–Trinajstić information content (AvgIpc) is 2.23. The number of rotatable bonds is 8. The molecular weight excluding hydrogens is 214 g/mol. The Morgan fingerprint density at radius 1 is 1.18 bits per heavy atom. The van der Waals surface area contributed by atoms with Gasteiger partial charge in [0, 0.05) is 6.04 Å². The van der Waals surface area contributed by atoms with Crippen LogP contribution < -0.4 is 5.32 Å². The van der Waals surface area contributed by atoms with E-state index in [2.05, 4.69) is 39.9 Å². The number of likely N-dealkylation sites (N-methyl/N-ethyl adjacent to an activating group) is 1. The summed E-state index contributed by atoms with van der Waals surface area (Å²) in [5.41, 5.74) is -0.182. The summed E-state index contributed by atoms with van der Waals surface area (Å²) in [6.45, 7) is 13.2. The summed E-state index contributed by atoms with van der Waals surface area (Å²) < 4.78 is 5.89. The second kappa shape index (κ2) is 7.34. The highest BCUT2D eigenvalue weighted by Crippen LogP contribution is 2.27. The van der Waals surface area contributed by atoms with Gasteiger partial charge in [0.15, 0.2) is 0 Å². The van der Waals surface area contributed by atoms with E-state index >= 15 is 0 Å². The molecule has 0 aliphatic heterocycles. The van der Waals surface area contributed by atoms with Gasteiger partial charge >= 0.3 is 0 Å². The summed E-state index contributed by atoms with van der Waals surface area (Å²) in [5.74, 6) is 1.16. The molecule has 17 heavy (non-hydrogen) atoms. The molecule has 0 amide bonds. The molecule has 0 rings (SSSR count). The van der Waals surface area contributed by atoms with Crippen LogP contribution in [0, 0.1) is 11.8 Å². The molecule has 104 valence electrons. The van der Waals surface area contributed by atoms with Crippen molar-refractivity contribution in [3.05, 3.63) is 0 Å². The average molecular weight is 245 g/mol. The molecule has 0 saturated carbocycles. The van der Waals surface area contributed by atoms with E-state index in [9.17, 15) is 5.11 Å². The minimum Gasteiger partial charge on any atom is -0.389 e. The molecule has 3 atom stereocenters. The van der Waals surface area contributed by atoms with Gasteiger partial charge in [-0.2, -0.15) is 0 Å². The second-order valence-electron chi connectivity index (χ2n) is 6.09. The van der Waals surface area contributed by atoms with Gasteiger partial charge in [-0.25, -0.2) is 0 Å². The molecule has 0 spiro atoms. The van der Waals surface area contributed by atoms with E-state index in [0.29, 0.717) is 18.4 Å². The molecule has 0 aromatic carbocycles. The topological polar surface area (TPSA) is 41.5 Å². The van der Waals surface area contributed by atoms with Crippen molar-refractivity contribution in [2.45, 2.75) is 65.7 Å². The van der Waals surface area contributed by atoms with Crippen LogP contribution in [0.25, 0.3) is 0 Å². The smallest absolute Gasteiger partial charge is 0.0923 e. The second-order valence-corrected chi connectivity index (χ2v) is 6.09. The highest BCUT2D eigenvalue weighted by Gasteiger charge is 2.28. The van der Waals surface area contributed by atoms with Crippen molar-refractivity contribution in [2.24, 2.45) is 11.8 Å². The molecule has 3 nitrogen and oxygen atoms in total. The van der Waals surface area contributed by atoms with Gasteiger partial charge in [0.05, 0.1) is 18.3 Å². The number of aliphatic hydroxyl groups is 1. The summed E-state index contributed by atoms with van der Waals surface area (Å²) >= 11 is 0. The number of aliphatic hydroxyl groups excluding tert-OH is 1. The normalized spacial score (nSPS) is 18.2. The van der Waals surface area contributed by atoms with Crippen molar-refractivity contribution >= 4 is 0 Å². The molecule has 0 fully saturated rings. The van der Waals surface area contributed by atoms with E-state index in [1.54, 1.807) is 0 Å². The lowest BCUT2D eigenvalue weighted by Gasteiger charge is -2.34. The fraction of sp³-hybridized carbons (Fsp3) is 1.00. The van der Waals surface area contributed by atoms with Crippen LogP contribution >= 0.6 is 0 Å². The fourth-order valence-electron chi connectivity index (χ4n) is 1.77. The Kier molecular flexibility index (Phi) is 7.29. The van der Waals surface area contributed by atoms with Crippen LogP contribution in [0.15, 0.2) is 0 Å². The molecule has 3 heteroatoms. The van der Waals surface area contributed by atoms with Crippen molar-refractivity contribution in [2.75, 3.05) is 13.7 Å². The molecular formula is C14H31NO2. The molecule has 0 aliphatic carbocycles. The maximum Gasteiger partial charge on any atom is 0.0923 e. The maximum absolute atomic E-state index is 9.86. The first-order chi connectivity index (χ1) is 7.70. The van der Waals surface area contributed by atoms with Gasteiger partial charge in [0.25, 0.3) is 0 Å². The Morgan fingerprint density at radius 3 is 2.12 bits per heavy atom. The quantitative estimate of drug-likeness (QED) is 0.690. The van der Waals surface area contributed by atoms with Gasteiger partial charge in [0.1, 0.15) is 0 Å². The van der Waals surface area contributed by atoms with Gasteiger partial charge in [-0.05, 0) is 46.1 Å². The van der Waals surface area contributed by atoms with Gasteiger partial charge in [-0.15, -0.1) is 0 Å². The zero-order valence-electron chi connectivity index (χ0n) is 12.6. The largest absolute Gasteiger partial charge is 0.389 e. The van der Waals surface area contributed by atoms with E-state index in [1.807, 2.05) is 14.0 Å². The van der Waals surface area contributed by atoms with Crippen LogP contribution in [0.5, 0.6) is 0 Å². The molecule has 0 saturated heterocycles. The minimum absolute atomic E-state index is 0.0613. The Labute approximate surface area is 107 Å². The zero-order valence-corrected chi connectivity index (χ0v) is 12.6. The van der Waals surface area contributed by atoms with Crippen molar-refractivity contribution in [3.8, 4) is 0 Å². The third-order valence-electron chi connectivity index (χ3n) is 3.67. The fourth-order valence-corrected chi connectivity index (χ4v) is 1.77. The first kappa shape index (κ1) is 16.9. The van der Waals surface area contributed by atoms with E-state index in [4.69, 9.17) is 4.74 Å². The van der Waals surface area contributed by atoms with Crippen LogP contribution in [0.2, 0.25) is 0 Å². The molecule has 2 N–H and O–H groups in total. The van der Waals surface area contributed by atoms with E-state index in [-0.39, 0.29) is 11.6 Å². The van der Waals surface area contributed by atoms with Crippen molar-refractivity contribution in [1.29, 1.82) is 0 Å². The van der Waals surface area contributed by atoms with E-state index < -0.39 is 6.10 Å². The van der Waals surface area contributed by atoms with Crippen molar-refractivity contribution in [1.82, 2.24) is 5.32 Å². The first-order valence-electron chi connectivity index (χ1n) is 6.70. The molecule has 0 aliphatic rings. The highest BCUT2D eigenvalue weighted by molar-refractivity contribution is 4.79. The van der Waals surface area contributed by atoms with Crippen LogP contribution in [-0.4, -0.2) is 36.5 Å². The Hall–Kier alpha value is -0.120. The standard InChI is InChI=1S/C14H31NO2/c1-10(2)8-11(3)14(5,6)17-9-13(16)12(4)15-7/h10-13,15-16H,8-9H2,1-7H3.